The summed E-state index contributed by atoms with van der Waals surface area (Å²) in [6.45, 7) is 6.52. The number of nitro groups is 1. The van der Waals surface area contributed by atoms with Crippen LogP contribution in [0.15, 0.2) is 126 Å². The van der Waals surface area contributed by atoms with E-state index in [4.69, 9.17) is 23.7 Å². The summed E-state index contributed by atoms with van der Waals surface area (Å²) in [5, 5.41) is 52.9. The molecule has 0 spiro atoms. The lowest BCUT2D eigenvalue weighted by atomic mass is 9.44. The Balaban J connectivity index is 1.30. The molecule has 71 heavy (non-hydrogen) atoms. The molecule has 2 bridgehead atoms. The van der Waals surface area contributed by atoms with Crippen molar-refractivity contribution in [3.63, 3.8) is 0 Å². The predicted molar refractivity (Wildman–Crippen MR) is 249 cm³/mol. The molecule has 4 aliphatic rings. The van der Waals surface area contributed by atoms with Gasteiger partial charge in [0.25, 0.3) is 11.6 Å². The molecule has 0 unspecified atom stereocenters. The first-order chi connectivity index (χ1) is 33.6. The molecule has 4 aromatic carbocycles. The first-order valence-corrected chi connectivity index (χ1v) is 23.1. The number of rotatable bonds is 13. The average Bonchev–Trinajstić information content (AvgIpc) is 3.34. The number of nitrogens with one attached hydrogen (secondary N) is 1. The molecule has 2 saturated carbocycles. The number of aliphatic hydroxyl groups excluding tert-OH is 2. The van der Waals surface area contributed by atoms with Crippen LogP contribution in [0.4, 0.5) is 5.69 Å². The Labute approximate surface area is 408 Å². The van der Waals surface area contributed by atoms with E-state index in [2.05, 4.69) is 5.32 Å². The lowest BCUT2D eigenvalue weighted by molar-refractivity contribution is -0.385. The number of nitrogens with zero attached hydrogens (tertiary/aromatic N) is 1. The van der Waals surface area contributed by atoms with Crippen LogP contribution >= 0.6 is 0 Å². The van der Waals surface area contributed by atoms with Crippen molar-refractivity contribution in [3.05, 3.63) is 159 Å². The highest BCUT2D eigenvalue weighted by Crippen LogP contribution is 2.64. The van der Waals surface area contributed by atoms with Crippen molar-refractivity contribution in [2.24, 2.45) is 16.7 Å². The fraction of sp³-hybridized carbons (Fsp3) is 0.396. The summed E-state index contributed by atoms with van der Waals surface area (Å²) < 4.78 is 30.8. The van der Waals surface area contributed by atoms with Crippen LogP contribution in [-0.2, 0) is 49.3 Å². The Morgan fingerprint density at radius 2 is 1.45 bits per heavy atom. The van der Waals surface area contributed by atoms with Gasteiger partial charge in [0.05, 0.1) is 47.0 Å². The second-order valence-electron chi connectivity index (χ2n) is 19.3. The molecule has 372 valence electrons. The maximum Gasteiger partial charge on any atom is 0.338 e. The fourth-order valence-electron chi connectivity index (χ4n) is 11.2. The number of Topliss-reactive ketones (excluding diaryl/α,β-unsaturated/α-hetero) is 1. The van der Waals surface area contributed by atoms with Gasteiger partial charge in [-0.05, 0) is 54.8 Å². The fourth-order valence-corrected chi connectivity index (χ4v) is 11.2. The van der Waals surface area contributed by atoms with Crippen LogP contribution < -0.4 is 5.32 Å². The molecule has 3 aliphatic carbocycles. The summed E-state index contributed by atoms with van der Waals surface area (Å²) >= 11 is 0. The molecule has 0 aromatic heterocycles. The number of hydrogen-bond acceptors (Lipinski definition) is 16. The summed E-state index contributed by atoms with van der Waals surface area (Å²) in [6, 6.07) is 27.9. The van der Waals surface area contributed by atoms with E-state index in [-0.39, 0.29) is 34.3 Å². The van der Waals surface area contributed by atoms with E-state index in [9.17, 15) is 49.4 Å². The van der Waals surface area contributed by atoms with Gasteiger partial charge in [0, 0.05) is 42.4 Å². The molecule has 4 N–H and O–H groups in total. The minimum absolute atomic E-state index is 0.0171. The zero-order valence-electron chi connectivity index (χ0n) is 39.5. The number of esters is 4. The van der Waals surface area contributed by atoms with Crippen LogP contribution in [0.25, 0.3) is 0 Å². The standard InChI is InChI=1S/C53H54N2O16/c1-29-36(68-49(63)42(59)41(31-17-9-6-10-18-31)54-47(61)32-19-11-7-12-20-32)27-53(64)46(70-48(62)33-21-13-8-14-22-33)44-51(5,37(57)26-38-52(44,28-67-38)71-30(2)56)45(60)43(40(29)50(53,3)4)69-39(58)25-34-23-15-16-24-35(34)55(65)66/h6-24,36-38,41-44,46,57,59,64H,25-28H2,1-5H3,(H,54,61)/t36-,37-,38+,41-,42+,43+,44-,46-,51+,52-,53+/m0/s1. The molecular weight excluding hydrogens is 921 g/mol. The molecule has 11 atom stereocenters. The molecule has 3 fully saturated rings. The van der Waals surface area contributed by atoms with Crippen LogP contribution in [0.5, 0.6) is 0 Å². The molecular formula is C53H54N2O16. The zero-order chi connectivity index (χ0) is 51.2. The quantitative estimate of drug-likeness (QED) is 0.0458. The summed E-state index contributed by atoms with van der Waals surface area (Å²) in [7, 11) is 0. The summed E-state index contributed by atoms with van der Waals surface area (Å²) in [4.78, 5) is 97.4. The van der Waals surface area contributed by atoms with E-state index in [1.54, 1.807) is 78.9 Å². The minimum Gasteiger partial charge on any atom is -0.456 e. The highest BCUT2D eigenvalue weighted by atomic mass is 16.6. The van der Waals surface area contributed by atoms with Gasteiger partial charge in [-0.1, -0.05) is 98.8 Å². The van der Waals surface area contributed by atoms with Gasteiger partial charge >= 0.3 is 23.9 Å². The average molecular weight is 975 g/mol. The molecule has 18 heteroatoms. The van der Waals surface area contributed by atoms with Crippen molar-refractivity contribution in [1.82, 2.24) is 5.32 Å². The number of fused-ring (bicyclic) bond motifs is 5. The van der Waals surface area contributed by atoms with E-state index in [1.165, 1.54) is 64.1 Å². The molecule has 18 nitrogen and oxygen atoms in total. The van der Waals surface area contributed by atoms with Crippen molar-refractivity contribution in [3.8, 4) is 0 Å². The van der Waals surface area contributed by atoms with Crippen LogP contribution in [0.2, 0.25) is 0 Å². The van der Waals surface area contributed by atoms with Crippen LogP contribution in [0.3, 0.4) is 0 Å². The van der Waals surface area contributed by atoms with Gasteiger partial charge in [-0.15, -0.1) is 0 Å². The van der Waals surface area contributed by atoms with E-state index in [1.807, 2.05) is 0 Å². The first-order valence-electron chi connectivity index (χ1n) is 23.1. The lowest BCUT2D eigenvalue weighted by Gasteiger charge is -2.67. The van der Waals surface area contributed by atoms with Gasteiger partial charge in [-0.3, -0.25) is 29.3 Å². The summed E-state index contributed by atoms with van der Waals surface area (Å²) in [5.41, 5.74) is -8.45. The first kappa shape index (κ1) is 50.3. The summed E-state index contributed by atoms with van der Waals surface area (Å²) in [6.07, 6.45) is -12.2. The van der Waals surface area contributed by atoms with Crippen LogP contribution in [0, 0.1) is 26.9 Å². The third-order valence-electron chi connectivity index (χ3n) is 15.0. The number of amides is 1. The number of carbonyl (C=O) groups excluding carboxylic acids is 6. The lowest BCUT2D eigenvalue weighted by Crippen LogP contribution is -2.82. The van der Waals surface area contributed by atoms with E-state index in [0.29, 0.717) is 5.56 Å². The Bertz CT molecular complexity index is 2780. The number of hydrogen-bond donors (Lipinski definition) is 4. The van der Waals surface area contributed by atoms with Crippen molar-refractivity contribution in [2.45, 2.75) is 108 Å². The number of ether oxygens (including phenoxy) is 5. The third kappa shape index (κ3) is 8.78. The van der Waals surface area contributed by atoms with Gasteiger partial charge in [-0.25, -0.2) is 9.59 Å². The van der Waals surface area contributed by atoms with Gasteiger partial charge in [0.15, 0.2) is 23.6 Å². The van der Waals surface area contributed by atoms with Gasteiger partial charge in [0.2, 0.25) is 0 Å². The number of carbonyl (C=O) groups is 6. The Morgan fingerprint density at radius 3 is 2.04 bits per heavy atom. The van der Waals surface area contributed by atoms with Crippen molar-refractivity contribution in [1.29, 1.82) is 0 Å². The predicted octanol–water partition coefficient (Wildman–Crippen LogP) is 4.87. The Hall–Kier alpha value is -7.12. The molecule has 8 rings (SSSR count). The Morgan fingerprint density at radius 1 is 0.859 bits per heavy atom. The van der Waals surface area contributed by atoms with Crippen LogP contribution in [-0.4, -0.2) is 110 Å². The monoisotopic (exact) mass is 974 g/mol. The normalized spacial score (nSPS) is 29.2. The van der Waals surface area contributed by atoms with E-state index in [0.717, 1.165) is 6.92 Å². The SMILES string of the molecule is CC(=O)O[C@@]12CO[C@@H]1C[C@H](O)[C@@]1(C)C(=O)[C@H](OC(=O)Cc3ccccc3[N+](=O)[O-])C3=C(C)[C@@H](OC(=O)[C@H](O)[C@@H](NC(=O)c4ccccc4)c4ccccc4)C[C@@](O)([C@@H](OC(=O)c4ccccc4)[C@H]21)C3(C)C. The molecule has 1 aliphatic heterocycles. The highest BCUT2D eigenvalue weighted by Gasteiger charge is 2.78. The van der Waals surface area contributed by atoms with Gasteiger partial charge < -0.3 is 44.3 Å². The van der Waals surface area contributed by atoms with E-state index >= 15 is 4.79 Å². The number of ketones is 1. The number of nitro benzene ring substituents is 1. The molecule has 0 radical (unpaired) electrons. The number of para-hydroxylation sites is 1. The van der Waals surface area contributed by atoms with Crippen molar-refractivity contribution < 1.29 is 72.7 Å². The van der Waals surface area contributed by atoms with Crippen molar-refractivity contribution in [2.75, 3.05) is 6.61 Å². The largest absolute Gasteiger partial charge is 0.456 e. The number of aliphatic hydroxyl groups is 3. The topological polar surface area (TPSA) is 264 Å². The zero-order valence-corrected chi connectivity index (χ0v) is 39.5. The maximum absolute atomic E-state index is 16.0. The molecule has 1 amide bonds. The molecule has 1 heterocycles. The molecule has 1 saturated heterocycles. The van der Waals surface area contributed by atoms with Gasteiger partial charge in [0.1, 0.15) is 23.9 Å². The maximum atomic E-state index is 16.0. The van der Waals surface area contributed by atoms with Gasteiger partial charge in [-0.2, -0.15) is 0 Å². The second kappa shape index (κ2) is 19.2. The highest BCUT2D eigenvalue weighted by molar-refractivity contribution is 5.96. The van der Waals surface area contributed by atoms with E-state index < -0.39 is 136 Å². The smallest absolute Gasteiger partial charge is 0.338 e. The minimum atomic E-state index is -2.53. The summed E-state index contributed by atoms with van der Waals surface area (Å²) in [5.74, 6) is -7.58. The Kier molecular flexibility index (Phi) is 13.6. The van der Waals surface area contributed by atoms with Crippen LogP contribution in [0.1, 0.15) is 85.3 Å². The van der Waals surface area contributed by atoms with Crippen molar-refractivity contribution >= 4 is 41.3 Å². The number of benzene rings is 4. The molecule has 4 aromatic rings. The second-order valence-corrected chi connectivity index (χ2v) is 19.3. The third-order valence-corrected chi connectivity index (χ3v) is 15.0.